The van der Waals surface area contributed by atoms with Gasteiger partial charge in [0.1, 0.15) is 5.60 Å². The van der Waals surface area contributed by atoms with Crippen molar-refractivity contribution in [2.24, 2.45) is 5.92 Å². The Bertz CT molecular complexity index is 171. The van der Waals surface area contributed by atoms with Gasteiger partial charge < -0.3 is 10.1 Å². The maximum Gasteiger partial charge on any atom is 0.407 e. The summed E-state index contributed by atoms with van der Waals surface area (Å²) in [5.74, 6) is 0.690. The minimum absolute atomic E-state index is 0.318. The van der Waals surface area contributed by atoms with Crippen LogP contribution in [-0.2, 0) is 4.74 Å². The van der Waals surface area contributed by atoms with Crippen LogP contribution in [0.2, 0.25) is 0 Å². The van der Waals surface area contributed by atoms with Gasteiger partial charge in [0.25, 0.3) is 0 Å². The van der Waals surface area contributed by atoms with E-state index in [1.165, 1.54) is 0 Å². The fourth-order valence-electron chi connectivity index (χ4n) is 1.01. The molecule has 84 valence electrons. The maximum atomic E-state index is 11.2. The van der Waals surface area contributed by atoms with E-state index in [1.54, 1.807) is 0 Å². The molecule has 0 bridgehead atoms. The van der Waals surface area contributed by atoms with Crippen molar-refractivity contribution in [1.29, 1.82) is 0 Å². The molecule has 0 aliphatic heterocycles. The highest BCUT2D eigenvalue weighted by Crippen LogP contribution is 2.06. The van der Waals surface area contributed by atoms with E-state index in [0.717, 1.165) is 12.8 Å². The molecule has 0 aromatic heterocycles. The Morgan fingerprint density at radius 2 is 1.93 bits per heavy atom. The van der Waals surface area contributed by atoms with Gasteiger partial charge in [-0.1, -0.05) is 13.8 Å². The second-order valence-electron chi connectivity index (χ2n) is 4.96. The third kappa shape index (κ3) is 9.36. The van der Waals surface area contributed by atoms with Gasteiger partial charge in [0.05, 0.1) is 0 Å². The molecule has 0 aromatic rings. The van der Waals surface area contributed by atoms with Gasteiger partial charge in [-0.15, -0.1) is 0 Å². The molecule has 0 heterocycles. The number of alkyl carbamates (subject to hydrolysis) is 1. The fourth-order valence-corrected chi connectivity index (χ4v) is 1.01. The van der Waals surface area contributed by atoms with Crippen LogP contribution in [0.5, 0.6) is 0 Å². The number of ether oxygens (including phenoxy) is 1. The zero-order valence-electron chi connectivity index (χ0n) is 10.0. The lowest BCUT2D eigenvalue weighted by molar-refractivity contribution is 0.0526. The van der Waals surface area contributed by atoms with E-state index in [9.17, 15) is 4.79 Å². The van der Waals surface area contributed by atoms with Gasteiger partial charge in [-0.2, -0.15) is 0 Å². The van der Waals surface area contributed by atoms with Gasteiger partial charge in [-0.3, -0.25) is 0 Å². The molecule has 1 N–H and O–H groups in total. The first kappa shape index (κ1) is 13.3. The summed E-state index contributed by atoms with van der Waals surface area (Å²) in [5, 5.41) is 2.73. The van der Waals surface area contributed by atoms with E-state index in [-0.39, 0.29) is 6.09 Å². The van der Waals surface area contributed by atoms with Crippen LogP contribution in [0.1, 0.15) is 47.5 Å². The van der Waals surface area contributed by atoms with Gasteiger partial charge >= 0.3 is 6.09 Å². The van der Waals surface area contributed by atoms with E-state index in [0.29, 0.717) is 12.5 Å². The molecule has 0 unspecified atom stereocenters. The largest absolute Gasteiger partial charge is 0.444 e. The quantitative estimate of drug-likeness (QED) is 0.710. The molecule has 3 nitrogen and oxygen atoms in total. The average Bonchev–Trinajstić information content (AvgIpc) is 1.94. The number of nitrogens with one attached hydrogen (secondary N) is 1. The van der Waals surface area contributed by atoms with Crippen LogP contribution < -0.4 is 5.32 Å². The Morgan fingerprint density at radius 3 is 2.36 bits per heavy atom. The van der Waals surface area contributed by atoms with Crippen molar-refractivity contribution in [3.63, 3.8) is 0 Å². The Balaban J connectivity index is 3.46. The fraction of sp³-hybridized carbons (Fsp3) is 0.909. The van der Waals surface area contributed by atoms with Gasteiger partial charge in [0.15, 0.2) is 0 Å². The zero-order chi connectivity index (χ0) is 11.2. The zero-order valence-corrected chi connectivity index (χ0v) is 10.0. The normalized spacial score (nSPS) is 11.6. The highest BCUT2D eigenvalue weighted by atomic mass is 16.6. The highest BCUT2D eigenvalue weighted by Gasteiger charge is 2.15. The summed E-state index contributed by atoms with van der Waals surface area (Å²) in [6.45, 7) is 10.6. The van der Waals surface area contributed by atoms with Crippen molar-refractivity contribution in [3.8, 4) is 0 Å². The molecule has 0 saturated heterocycles. The molecule has 14 heavy (non-hydrogen) atoms. The first-order valence-corrected chi connectivity index (χ1v) is 5.28. The molecule has 0 aliphatic carbocycles. The lowest BCUT2D eigenvalue weighted by atomic mass is 10.1. The molecule has 0 saturated carbocycles. The third-order valence-electron chi connectivity index (χ3n) is 1.63. The first-order valence-electron chi connectivity index (χ1n) is 5.28. The predicted octanol–water partition coefficient (Wildman–Crippen LogP) is 2.95. The molecular weight excluding hydrogens is 178 g/mol. The first-order chi connectivity index (χ1) is 6.31. The minimum Gasteiger partial charge on any atom is -0.444 e. The van der Waals surface area contributed by atoms with E-state index in [2.05, 4.69) is 19.2 Å². The van der Waals surface area contributed by atoms with Crippen LogP contribution in [0.3, 0.4) is 0 Å². The standard InChI is InChI=1S/C11H23NO2/c1-9(2)7-6-8-12-10(13)14-11(3,4)5/h9H,6-8H2,1-5H3,(H,12,13). The summed E-state index contributed by atoms with van der Waals surface area (Å²) in [4.78, 5) is 11.2. The summed E-state index contributed by atoms with van der Waals surface area (Å²) >= 11 is 0. The van der Waals surface area contributed by atoms with Crippen LogP contribution in [0.4, 0.5) is 4.79 Å². The molecule has 0 aliphatic rings. The number of carbonyl (C=O) groups excluding carboxylic acids is 1. The number of amides is 1. The Morgan fingerprint density at radius 1 is 1.36 bits per heavy atom. The summed E-state index contributed by atoms with van der Waals surface area (Å²) in [7, 11) is 0. The number of rotatable bonds is 4. The molecule has 0 atom stereocenters. The smallest absolute Gasteiger partial charge is 0.407 e. The molecule has 0 spiro atoms. The molecular formula is C11H23NO2. The monoisotopic (exact) mass is 201 g/mol. The summed E-state index contributed by atoms with van der Waals surface area (Å²) in [6, 6.07) is 0. The minimum atomic E-state index is -0.401. The topological polar surface area (TPSA) is 38.3 Å². The van der Waals surface area contributed by atoms with Crippen LogP contribution in [0, 0.1) is 5.92 Å². The summed E-state index contributed by atoms with van der Waals surface area (Å²) < 4.78 is 5.09. The van der Waals surface area contributed by atoms with E-state index >= 15 is 0 Å². The summed E-state index contributed by atoms with van der Waals surface area (Å²) in [6.07, 6.45) is 1.83. The Kier molecular flexibility index (Phi) is 5.58. The summed E-state index contributed by atoms with van der Waals surface area (Å²) in [5.41, 5.74) is -0.401. The van der Waals surface area contributed by atoms with Crippen molar-refractivity contribution in [3.05, 3.63) is 0 Å². The van der Waals surface area contributed by atoms with Crippen molar-refractivity contribution in [2.75, 3.05) is 6.54 Å². The molecule has 0 radical (unpaired) electrons. The Hall–Kier alpha value is -0.730. The second-order valence-corrected chi connectivity index (χ2v) is 4.96. The molecule has 1 amide bonds. The number of carbonyl (C=O) groups is 1. The van der Waals surface area contributed by atoms with Crippen LogP contribution in [0.25, 0.3) is 0 Å². The van der Waals surface area contributed by atoms with Crippen LogP contribution in [0.15, 0.2) is 0 Å². The van der Waals surface area contributed by atoms with Crippen molar-refractivity contribution in [1.82, 2.24) is 5.32 Å². The molecule has 0 fully saturated rings. The van der Waals surface area contributed by atoms with E-state index in [4.69, 9.17) is 4.74 Å². The van der Waals surface area contributed by atoms with Gasteiger partial charge in [0, 0.05) is 6.54 Å². The average molecular weight is 201 g/mol. The van der Waals surface area contributed by atoms with Gasteiger partial charge in [0.2, 0.25) is 0 Å². The van der Waals surface area contributed by atoms with Gasteiger partial charge in [-0.05, 0) is 39.5 Å². The van der Waals surface area contributed by atoms with Gasteiger partial charge in [-0.25, -0.2) is 4.79 Å². The lowest BCUT2D eigenvalue weighted by Gasteiger charge is -2.19. The Labute approximate surface area is 87.2 Å². The van der Waals surface area contributed by atoms with E-state index in [1.807, 2.05) is 20.8 Å². The van der Waals surface area contributed by atoms with Crippen molar-refractivity contribution in [2.45, 2.75) is 53.1 Å². The number of hydrogen-bond acceptors (Lipinski definition) is 2. The van der Waals surface area contributed by atoms with Crippen molar-refractivity contribution < 1.29 is 9.53 Å². The van der Waals surface area contributed by atoms with E-state index < -0.39 is 5.60 Å². The maximum absolute atomic E-state index is 11.2. The van der Waals surface area contributed by atoms with Crippen LogP contribution in [-0.4, -0.2) is 18.2 Å². The second kappa shape index (κ2) is 5.89. The molecule has 0 aromatic carbocycles. The lowest BCUT2D eigenvalue weighted by Crippen LogP contribution is -2.33. The highest BCUT2D eigenvalue weighted by molar-refractivity contribution is 5.67. The number of hydrogen-bond donors (Lipinski definition) is 1. The molecule has 3 heteroatoms. The molecule has 0 rings (SSSR count). The predicted molar refractivity (Wildman–Crippen MR) is 58.3 cm³/mol. The third-order valence-corrected chi connectivity index (χ3v) is 1.63. The van der Waals surface area contributed by atoms with Crippen molar-refractivity contribution >= 4 is 6.09 Å². The SMILES string of the molecule is CC(C)CCCNC(=O)OC(C)(C)C. The van der Waals surface area contributed by atoms with Crippen LogP contribution >= 0.6 is 0 Å².